The molecule has 0 amide bonds. The van der Waals surface area contributed by atoms with Crippen LogP contribution < -0.4 is 4.74 Å². The van der Waals surface area contributed by atoms with Gasteiger partial charge in [0.05, 0.1) is 24.9 Å². The highest BCUT2D eigenvalue weighted by Gasteiger charge is 2.23. The Bertz CT molecular complexity index is 1150. The Morgan fingerprint density at radius 3 is 2.00 bits per heavy atom. The van der Waals surface area contributed by atoms with Crippen LogP contribution in [0, 0.1) is 6.92 Å². The van der Waals surface area contributed by atoms with Crippen molar-refractivity contribution in [2.45, 2.75) is 103 Å². The number of aryl methyl sites for hydroxylation is 1. The van der Waals surface area contributed by atoms with Crippen molar-refractivity contribution in [3.63, 3.8) is 0 Å². The van der Waals surface area contributed by atoms with E-state index in [9.17, 15) is 14.4 Å². The van der Waals surface area contributed by atoms with Crippen molar-refractivity contribution in [2.75, 3.05) is 19.8 Å². The number of unbranched alkanes of at least 4 members (excludes halogenated alkanes) is 5. The van der Waals surface area contributed by atoms with Gasteiger partial charge in [-0.1, -0.05) is 42.8 Å². The Balaban J connectivity index is 1.16. The van der Waals surface area contributed by atoms with Gasteiger partial charge in [-0.25, -0.2) is 9.59 Å². The normalized spacial score (nSPS) is 16.3. The molecule has 1 fully saturated rings. The van der Waals surface area contributed by atoms with Crippen molar-refractivity contribution in [3.8, 4) is 5.75 Å². The van der Waals surface area contributed by atoms with E-state index in [-0.39, 0.29) is 17.9 Å². The van der Waals surface area contributed by atoms with Gasteiger partial charge in [0.1, 0.15) is 5.75 Å². The van der Waals surface area contributed by atoms with E-state index >= 15 is 0 Å². The van der Waals surface area contributed by atoms with Crippen LogP contribution in [-0.2, 0) is 23.8 Å². The Morgan fingerprint density at radius 1 is 0.744 bits per heavy atom. The third-order valence-corrected chi connectivity index (χ3v) is 7.79. The summed E-state index contributed by atoms with van der Waals surface area (Å²) in [5, 5.41) is 0. The topological polar surface area (TPSA) is 88.1 Å². The first kappa shape index (κ1) is 34.0. The van der Waals surface area contributed by atoms with E-state index in [1.165, 1.54) is 5.56 Å². The average molecular weight is 593 g/mol. The maximum absolute atomic E-state index is 12.4. The Labute approximate surface area is 256 Å². The Morgan fingerprint density at radius 2 is 1.35 bits per heavy atom. The zero-order chi connectivity index (χ0) is 30.9. The fourth-order valence-electron chi connectivity index (χ4n) is 5.13. The van der Waals surface area contributed by atoms with E-state index in [4.69, 9.17) is 18.9 Å². The molecule has 0 bridgehead atoms. The molecular formula is C36H48O7. The summed E-state index contributed by atoms with van der Waals surface area (Å²) in [7, 11) is 0. The number of carbonyl (C=O) groups excluding carboxylic acids is 3. The highest BCUT2D eigenvalue weighted by Crippen LogP contribution is 2.34. The molecular weight excluding hydrogens is 544 g/mol. The predicted octanol–water partition coefficient (Wildman–Crippen LogP) is 8.04. The summed E-state index contributed by atoms with van der Waals surface area (Å²) in [5.74, 6) is 0.215. The molecule has 0 radical (unpaired) electrons. The van der Waals surface area contributed by atoms with Gasteiger partial charge in [-0.05, 0) is 114 Å². The van der Waals surface area contributed by atoms with Gasteiger partial charge in [0.15, 0.2) is 0 Å². The van der Waals surface area contributed by atoms with E-state index < -0.39 is 0 Å². The van der Waals surface area contributed by atoms with Gasteiger partial charge in [0.25, 0.3) is 0 Å². The number of ether oxygens (including phenoxy) is 4. The molecule has 1 aliphatic carbocycles. The molecule has 7 heteroatoms. The Kier molecular flexibility index (Phi) is 15.0. The van der Waals surface area contributed by atoms with E-state index in [2.05, 4.69) is 18.7 Å². The predicted molar refractivity (Wildman–Crippen MR) is 167 cm³/mol. The molecule has 0 aromatic heterocycles. The van der Waals surface area contributed by atoms with Gasteiger partial charge in [-0.15, -0.1) is 0 Å². The maximum Gasteiger partial charge on any atom is 0.343 e. The molecule has 0 heterocycles. The zero-order valence-electron chi connectivity index (χ0n) is 25.9. The van der Waals surface area contributed by atoms with Crippen LogP contribution >= 0.6 is 0 Å². The second kappa shape index (κ2) is 19.0. The van der Waals surface area contributed by atoms with E-state index in [0.717, 1.165) is 82.8 Å². The van der Waals surface area contributed by atoms with Crippen LogP contribution in [0.2, 0.25) is 0 Å². The van der Waals surface area contributed by atoms with Crippen molar-refractivity contribution in [2.24, 2.45) is 0 Å². The smallest absolute Gasteiger partial charge is 0.343 e. The summed E-state index contributed by atoms with van der Waals surface area (Å²) in [6.45, 7) is 8.76. The molecule has 1 aliphatic rings. The summed E-state index contributed by atoms with van der Waals surface area (Å²) in [4.78, 5) is 35.5. The first-order valence-corrected chi connectivity index (χ1v) is 15.8. The van der Waals surface area contributed by atoms with Gasteiger partial charge in [0.2, 0.25) is 0 Å². The third kappa shape index (κ3) is 13.2. The molecule has 0 saturated heterocycles. The highest BCUT2D eigenvalue weighted by molar-refractivity contribution is 5.91. The van der Waals surface area contributed by atoms with Crippen molar-refractivity contribution in [1.29, 1.82) is 0 Å². The molecule has 0 N–H and O–H groups in total. The van der Waals surface area contributed by atoms with Crippen molar-refractivity contribution >= 4 is 17.9 Å². The van der Waals surface area contributed by atoms with Crippen LogP contribution in [0.15, 0.2) is 60.7 Å². The van der Waals surface area contributed by atoms with Crippen LogP contribution in [0.4, 0.5) is 0 Å². The minimum Gasteiger partial charge on any atom is -0.466 e. The van der Waals surface area contributed by atoms with Crippen LogP contribution in [0.25, 0.3) is 0 Å². The monoisotopic (exact) mass is 592 g/mol. The molecule has 0 unspecified atom stereocenters. The van der Waals surface area contributed by atoms with Crippen LogP contribution in [0.1, 0.15) is 111 Å². The van der Waals surface area contributed by atoms with Crippen LogP contribution in [0.3, 0.4) is 0 Å². The van der Waals surface area contributed by atoms with Crippen molar-refractivity contribution < 1.29 is 33.3 Å². The summed E-state index contributed by atoms with van der Waals surface area (Å²) in [6, 6.07) is 15.3. The lowest BCUT2D eigenvalue weighted by Gasteiger charge is -2.29. The molecule has 7 nitrogen and oxygen atoms in total. The molecule has 2 aromatic carbocycles. The second-order valence-electron chi connectivity index (χ2n) is 11.5. The quantitative estimate of drug-likeness (QED) is 0.0749. The van der Waals surface area contributed by atoms with E-state index in [1.54, 1.807) is 19.1 Å². The number of carbonyl (C=O) groups is 3. The molecule has 3 rings (SSSR count). The summed E-state index contributed by atoms with van der Waals surface area (Å²) in [5.41, 5.74) is 3.35. The van der Waals surface area contributed by atoms with E-state index in [0.29, 0.717) is 48.5 Å². The standard InChI is InChI=1S/C36H48O7/c1-27(2)35(38)42-26-10-6-7-11-34(37)41-25-9-5-4-8-24-40-32-20-16-29(17-21-32)30-18-22-33(23-19-30)43-36(39)31-14-12-28(3)13-15-31/h12-15,18-19,22-23,29,32H,1,4-11,16-17,20-21,24-26H2,2-3H3. The molecule has 1 saturated carbocycles. The number of hydrogen-bond donors (Lipinski definition) is 0. The molecule has 0 atom stereocenters. The molecule has 0 aliphatic heterocycles. The minimum absolute atomic E-state index is 0.157. The van der Waals surface area contributed by atoms with Gasteiger partial charge in [0, 0.05) is 18.6 Å². The van der Waals surface area contributed by atoms with Crippen LogP contribution in [-0.4, -0.2) is 43.8 Å². The number of benzene rings is 2. The lowest BCUT2D eigenvalue weighted by Crippen LogP contribution is -2.21. The van der Waals surface area contributed by atoms with Gasteiger partial charge >= 0.3 is 17.9 Å². The summed E-state index contributed by atoms with van der Waals surface area (Å²) < 4.78 is 22.0. The third-order valence-electron chi connectivity index (χ3n) is 7.79. The summed E-state index contributed by atoms with van der Waals surface area (Å²) >= 11 is 0. The summed E-state index contributed by atoms with van der Waals surface area (Å²) in [6.07, 6.45) is 11.3. The lowest BCUT2D eigenvalue weighted by molar-refractivity contribution is -0.144. The lowest BCUT2D eigenvalue weighted by atomic mass is 9.83. The Hall–Kier alpha value is -3.45. The minimum atomic E-state index is -0.366. The molecule has 0 spiro atoms. The zero-order valence-corrected chi connectivity index (χ0v) is 25.9. The first-order chi connectivity index (χ1) is 20.8. The maximum atomic E-state index is 12.4. The fourth-order valence-corrected chi connectivity index (χ4v) is 5.13. The van der Waals surface area contributed by atoms with Gasteiger partial charge in [-0.3, -0.25) is 4.79 Å². The highest BCUT2D eigenvalue weighted by atomic mass is 16.5. The SMILES string of the molecule is C=C(C)C(=O)OCCCCCC(=O)OCCCCCCOC1CCC(c2ccc(OC(=O)c3ccc(C)cc3)cc2)CC1. The molecule has 43 heavy (non-hydrogen) atoms. The number of esters is 3. The number of rotatable bonds is 18. The van der Waals surface area contributed by atoms with Crippen molar-refractivity contribution in [3.05, 3.63) is 77.4 Å². The van der Waals surface area contributed by atoms with Crippen molar-refractivity contribution in [1.82, 2.24) is 0 Å². The molecule has 234 valence electrons. The van der Waals surface area contributed by atoms with E-state index in [1.807, 2.05) is 31.2 Å². The largest absolute Gasteiger partial charge is 0.466 e. The average Bonchev–Trinajstić information content (AvgIpc) is 3.01. The fraction of sp³-hybridized carbons (Fsp3) is 0.528. The van der Waals surface area contributed by atoms with Gasteiger partial charge in [-0.2, -0.15) is 0 Å². The van der Waals surface area contributed by atoms with Crippen LogP contribution in [0.5, 0.6) is 5.75 Å². The molecule has 2 aromatic rings. The second-order valence-corrected chi connectivity index (χ2v) is 11.5. The van der Waals surface area contributed by atoms with Gasteiger partial charge < -0.3 is 18.9 Å². The first-order valence-electron chi connectivity index (χ1n) is 15.8. The number of hydrogen-bond acceptors (Lipinski definition) is 7.